The van der Waals surface area contributed by atoms with Gasteiger partial charge in [-0.1, -0.05) is 41.9 Å². The Hall–Kier alpha value is -3.93. The molecule has 0 aliphatic rings. The van der Waals surface area contributed by atoms with Gasteiger partial charge in [0.1, 0.15) is 18.9 Å². The summed E-state index contributed by atoms with van der Waals surface area (Å²) in [5, 5.41) is 4.00. The molecule has 4 aromatic rings. The van der Waals surface area contributed by atoms with Crippen molar-refractivity contribution in [3.63, 3.8) is 0 Å². The number of nitrogens with zero attached hydrogens (tertiary/aromatic N) is 1. The van der Waals surface area contributed by atoms with Crippen molar-refractivity contribution in [1.29, 1.82) is 0 Å². The number of amides is 1. The van der Waals surface area contributed by atoms with Gasteiger partial charge in [-0.15, -0.1) is 0 Å². The monoisotopic (exact) mass is 576 g/mol. The molecule has 0 bridgehead atoms. The summed E-state index contributed by atoms with van der Waals surface area (Å²) >= 11 is 6.23. The largest absolute Gasteiger partial charge is 0.495 e. The first kappa shape index (κ1) is 29.1. The van der Waals surface area contributed by atoms with Gasteiger partial charge in [0.15, 0.2) is 5.78 Å². The fourth-order valence-corrected chi connectivity index (χ4v) is 5.51. The molecule has 0 radical (unpaired) electrons. The Morgan fingerprint density at radius 1 is 0.975 bits per heavy atom. The lowest BCUT2D eigenvalue weighted by Crippen LogP contribution is -2.34. The molecule has 1 N–H and O–H groups in total. The number of rotatable bonds is 9. The molecular formula is C31H30ClN2O5P. The third-order valence-electron chi connectivity index (χ3n) is 6.58. The average Bonchev–Trinajstić information content (AvgIpc) is 2.92. The molecule has 0 saturated heterocycles. The molecule has 9 heteroatoms. The Kier molecular flexibility index (Phi) is 8.77. The van der Waals surface area contributed by atoms with Crippen LogP contribution in [0.3, 0.4) is 0 Å². The Bertz CT molecular complexity index is 1660. The van der Waals surface area contributed by atoms with Crippen LogP contribution < -0.4 is 20.9 Å². The number of ether oxygens (including phenoxy) is 1. The summed E-state index contributed by atoms with van der Waals surface area (Å²) in [6, 6.07) is 21.5. The van der Waals surface area contributed by atoms with Gasteiger partial charge in [-0.3, -0.25) is 19.0 Å². The summed E-state index contributed by atoms with van der Waals surface area (Å²) < 4.78 is 19.4. The maximum Gasteiger partial charge on any atom is 0.252 e. The number of hydrogen-bond donors (Lipinski definition) is 1. The summed E-state index contributed by atoms with van der Waals surface area (Å²) in [5.41, 5.74) is 2.19. The number of nitrogens with one attached hydrogen (secondary N) is 1. The first-order valence-corrected chi connectivity index (χ1v) is 15.6. The molecule has 1 aromatic heterocycles. The number of carbonyl (C=O) groups is 2. The predicted molar refractivity (Wildman–Crippen MR) is 161 cm³/mol. The van der Waals surface area contributed by atoms with Crippen LogP contribution >= 0.6 is 18.7 Å². The number of halogens is 1. The van der Waals surface area contributed by atoms with Crippen LogP contribution in [0.5, 0.6) is 5.75 Å². The molecule has 0 aliphatic carbocycles. The van der Waals surface area contributed by atoms with Crippen LogP contribution in [0, 0.1) is 0 Å². The summed E-state index contributed by atoms with van der Waals surface area (Å²) in [5.74, 6) is -0.286. The van der Waals surface area contributed by atoms with Crippen molar-refractivity contribution in [3.8, 4) is 16.9 Å². The van der Waals surface area contributed by atoms with E-state index in [0.717, 1.165) is 5.56 Å². The summed E-state index contributed by atoms with van der Waals surface area (Å²) in [6.45, 7) is 4.80. The van der Waals surface area contributed by atoms with Crippen LogP contribution in [-0.4, -0.2) is 36.7 Å². The van der Waals surface area contributed by atoms with Crippen molar-refractivity contribution >= 4 is 41.4 Å². The lowest BCUT2D eigenvalue weighted by atomic mass is 9.97. The van der Waals surface area contributed by atoms with Gasteiger partial charge in [0.2, 0.25) is 5.91 Å². The van der Waals surface area contributed by atoms with Gasteiger partial charge in [0, 0.05) is 39.6 Å². The summed E-state index contributed by atoms with van der Waals surface area (Å²) in [7, 11) is -0.987. The molecule has 0 spiro atoms. The van der Waals surface area contributed by atoms with Gasteiger partial charge < -0.3 is 14.6 Å². The molecule has 4 rings (SSSR count). The molecule has 1 atom stereocenters. The molecule has 206 valence electrons. The standard InChI is InChI=1S/C31H30ClN2O5P/c1-20(35)25-15-10-22(32)17-26(25)27-18-30(36)34(19-29(27)39-2)28(16-21-8-6-5-7-9-21)31(37)33-23-11-13-24(14-12-23)40(3,4)38/h5-15,17-19,28H,16H2,1-4H3,(H,33,37). The SMILES string of the molecule is COc1cn(C(Cc2ccccc2)C(=O)Nc2ccc(P(C)(C)=O)cc2)c(=O)cc1-c1cc(Cl)ccc1C(C)=O. The minimum atomic E-state index is -2.45. The number of methoxy groups -OCH3 is 1. The fourth-order valence-electron chi connectivity index (χ4n) is 4.48. The second-order valence-corrected chi connectivity index (χ2v) is 13.5. The maximum absolute atomic E-state index is 13.7. The summed E-state index contributed by atoms with van der Waals surface area (Å²) in [4.78, 5) is 39.6. The topological polar surface area (TPSA) is 94.5 Å². The summed E-state index contributed by atoms with van der Waals surface area (Å²) in [6.07, 6.45) is 1.73. The van der Waals surface area contributed by atoms with Crippen molar-refractivity contribution < 1.29 is 18.9 Å². The second-order valence-electron chi connectivity index (χ2n) is 9.84. The number of anilines is 1. The molecule has 3 aromatic carbocycles. The van der Waals surface area contributed by atoms with E-state index in [0.29, 0.717) is 38.5 Å². The Morgan fingerprint density at radius 2 is 1.65 bits per heavy atom. The van der Waals surface area contributed by atoms with Crippen LogP contribution in [-0.2, 0) is 15.8 Å². The smallest absolute Gasteiger partial charge is 0.252 e. The highest BCUT2D eigenvalue weighted by molar-refractivity contribution is 7.70. The van der Waals surface area contributed by atoms with E-state index in [1.54, 1.807) is 55.8 Å². The number of benzene rings is 3. The molecule has 1 unspecified atom stereocenters. The molecule has 7 nitrogen and oxygen atoms in total. The van der Waals surface area contributed by atoms with Gasteiger partial charge in [0.25, 0.3) is 5.56 Å². The Balaban J connectivity index is 1.78. The van der Waals surface area contributed by atoms with Gasteiger partial charge >= 0.3 is 0 Å². The van der Waals surface area contributed by atoms with Gasteiger partial charge in [0.05, 0.1) is 13.3 Å². The third kappa shape index (κ3) is 6.61. The first-order chi connectivity index (χ1) is 19.0. The van der Waals surface area contributed by atoms with Gasteiger partial charge in [-0.2, -0.15) is 0 Å². The maximum atomic E-state index is 13.7. The van der Waals surface area contributed by atoms with E-state index < -0.39 is 24.7 Å². The zero-order valence-corrected chi connectivity index (χ0v) is 24.3. The van der Waals surface area contributed by atoms with Crippen LogP contribution in [0.25, 0.3) is 11.1 Å². The second kappa shape index (κ2) is 12.1. The lowest BCUT2D eigenvalue weighted by Gasteiger charge is -2.22. The van der Waals surface area contributed by atoms with Crippen molar-refractivity contribution in [2.45, 2.75) is 19.4 Å². The number of Topliss-reactive ketones (excluding diaryl/α,β-unsaturated/α-hetero) is 1. The quantitative estimate of drug-likeness (QED) is 0.193. The third-order valence-corrected chi connectivity index (χ3v) is 8.36. The first-order valence-electron chi connectivity index (χ1n) is 12.6. The van der Waals surface area contributed by atoms with E-state index in [9.17, 15) is 18.9 Å². The average molecular weight is 577 g/mol. The van der Waals surface area contributed by atoms with E-state index in [4.69, 9.17) is 16.3 Å². The predicted octanol–water partition coefficient (Wildman–Crippen LogP) is 6.05. The number of carbonyl (C=O) groups excluding carboxylic acids is 2. The van der Waals surface area contributed by atoms with Crippen molar-refractivity contribution in [1.82, 2.24) is 4.57 Å². The van der Waals surface area contributed by atoms with Gasteiger partial charge in [-0.05, 0) is 73.8 Å². The Labute approximate surface area is 238 Å². The molecule has 0 saturated carbocycles. The molecule has 0 fully saturated rings. The zero-order valence-electron chi connectivity index (χ0n) is 22.7. The van der Waals surface area contributed by atoms with E-state index in [-0.39, 0.29) is 12.2 Å². The minimum absolute atomic E-state index is 0.187. The number of ketones is 1. The van der Waals surface area contributed by atoms with Crippen LogP contribution in [0.4, 0.5) is 5.69 Å². The van der Waals surface area contributed by atoms with Crippen LogP contribution in [0.1, 0.15) is 28.9 Å². The molecular weight excluding hydrogens is 547 g/mol. The molecule has 1 heterocycles. The number of aromatic nitrogens is 1. The normalized spacial score (nSPS) is 12.0. The van der Waals surface area contributed by atoms with E-state index in [1.807, 2.05) is 30.3 Å². The van der Waals surface area contributed by atoms with Crippen molar-refractivity contribution in [2.75, 3.05) is 25.8 Å². The van der Waals surface area contributed by atoms with Crippen LogP contribution in [0.15, 0.2) is 89.9 Å². The van der Waals surface area contributed by atoms with E-state index in [2.05, 4.69) is 5.32 Å². The number of pyridine rings is 1. The highest BCUT2D eigenvalue weighted by Crippen LogP contribution is 2.35. The lowest BCUT2D eigenvalue weighted by molar-refractivity contribution is -0.119. The highest BCUT2D eigenvalue weighted by atomic mass is 35.5. The Morgan fingerprint density at radius 3 is 2.25 bits per heavy atom. The molecule has 1 amide bonds. The minimum Gasteiger partial charge on any atom is -0.495 e. The molecule has 0 aliphatic heterocycles. The van der Waals surface area contributed by atoms with E-state index >= 15 is 0 Å². The molecule has 40 heavy (non-hydrogen) atoms. The van der Waals surface area contributed by atoms with Crippen molar-refractivity contribution in [2.24, 2.45) is 0 Å². The zero-order chi connectivity index (χ0) is 29.0. The fraction of sp³-hybridized carbons (Fsp3) is 0.194. The van der Waals surface area contributed by atoms with Crippen molar-refractivity contribution in [3.05, 3.63) is 112 Å². The van der Waals surface area contributed by atoms with E-state index in [1.165, 1.54) is 30.9 Å². The highest BCUT2D eigenvalue weighted by Gasteiger charge is 2.25. The number of hydrogen-bond acceptors (Lipinski definition) is 5. The van der Waals surface area contributed by atoms with Gasteiger partial charge in [-0.25, -0.2) is 0 Å². The van der Waals surface area contributed by atoms with Crippen LogP contribution in [0.2, 0.25) is 5.02 Å².